The van der Waals surface area contributed by atoms with Crippen molar-refractivity contribution in [3.05, 3.63) is 0 Å². The Hall–Kier alpha value is -0.530. The molecule has 0 bridgehead atoms. The molecule has 0 spiro atoms. The molecule has 0 N–H and O–H groups in total. The molecule has 2 unspecified atom stereocenters. The fraction of sp³-hybridized carbons (Fsp3) is 0.875. The zero-order valence-corrected chi connectivity index (χ0v) is 6.05. The van der Waals surface area contributed by atoms with Gasteiger partial charge in [0, 0.05) is 12.5 Å². The topological polar surface area (TPSA) is 31.2 Å². The zero-order chi connectivity index (χ0) is 6.97. The minimum atomic E-state index is 0.185. The molecule has 2 atom stereocenters. The maximum Gasteiger partial charge on any atom is 0.244 e. The molecule has 2 nitrogen and oxygen atoms in total. The van der Waals surface area contributed by atoms with Crippen molar-refractivity contribution >= 4 is 5.91 Å². The minimum absolute atomic E-state index is 0.185. The van der Waals surface area contributed by atoms with E-state index in [1.54, 1.807) is 0 Å². The third-order valence-corrected chi connectivity index (χ3v) is 2.71. The van der Waals surface area contributed by atoms with E-state index in [-0.39, 0.29) is 5.91 Å². The van der Waals surface area contributed by atoms with Gasteiger partial charge < -0.3 is 0 Å². The van der Waals surface area contributed by atoms with Crippen molar-refractivity contribution in [2.75, 3.05) is 6.54 Å². The molecular weight excluding hydrogens is 126 g/mol. The van der Waals surface area contributed by atoms with E-state index in [9.17, 15) is 4.79 Å². The van der Waals surface area contributed by atoms with Crippen LogP contribution >= 0.6 is 0 Å². The Bertz CT molecular complexity index is 155. The van der Waals surface area contributed by atoms with Crippen LogP contribution in [-0.2, 0) is 4.79 Å². The van der Waals surface area contributed by atoms with Gasteiger partial charge in [0.25, 0.3) is 0 Å². The van der Waals surface area contributed by atoms with Crippen LogP contribution < -0.4 is 5.32 Å². The first kappa shape index (κ1) is 6.20. The highest BCUT2D eigenvalue weighted by Crippen LogP contribution is 2.33. The summed E-state index contributed by atoms with van der Waals surface area (Å²) in [7, 11) is 0. The number of fused-ring (bicyclic) bond motifs is 1. The molecule has 1 aliphatic carbocycles. The summed E-state index contributed by atoms with van der Waals surface area (Å²) < 4.78 is 0. The van der Waals surface area contributed by atoms with Crippen LogP contribution in [0, 0.1) is 11.8 Å². The standard InChI is InChI=1S/C8H12NO/c10-8-7-4-2-1-3-6(7)5-9-8/h6-7H,1-5H2. The van der Waals surface area contributed by atoms with E-state index in [4.69, 9.17) is 0 Å². The van der Waals surface area contributed by atoms with Gasteiger partial charge in [0.2, 0.25) is 5.91 Å². The molecule has 2 rings (SSSR count). The normalized spacial score (nSPS) is 39.0. The van der Waals surface area contributed by atoms with Gasteiger partial charge in [-0.15, -0.1) is 0 Å². The van der Waals surface area contributed by atoms with Crippen LogP contribution in [0.25, 0.3) is 0 Å². The van der Waals surface area contributed by atoms with Crippen molar-refractivity contribution in [2.24, 2.45) is 11.8 Å². The molecule has 55 valence electrons. The lowest BCUT2D eigenvalue weighted by molar-refractivity contribution is -0.123. The second-order valence-corrected chi connectivity index (χ2v) is 3.33. The van der Waals surface area contributed by atoms with Crippen molar-refractivity contribution in [1.82, 2.24) is 5.32 Å². The van der Waals surface area contributed by atoms with Crippen molar-refractivity contribution in [1.29, 1.82) is 0 Å². The summed E-state index contributed by atoms with van der Waals surface area (Å²) in [5, 5.41) is 3.94. The number of carbonyl (C=O) groups is 1. The van der Waals surface area contributed by atoms with E-state index in [1.807, 2.05) is 0 Å². The van der Waals surface area contributed by atoms with Gasteiger partial charge in [0.15, 0.2) is 0 Å². The molecule has 2 heteroatoms. The number of nitrogens with zero attached hydrogens (tertiary/aromatic N) is 1. The van der Waals surface area contributed by atoms with E-state index in [0.29, 0.717) is 11.8 Å². The van der Waals surface area contributed by atoms with Crippen molar-refractivity contribution in [3.63, 3.8) is 0 Å². The molecule has 1 radical (unpaired) electrons. The Kier molecular flexibility index (Phi) is 1.40. The third-order valence-electron chi connectivity index (χ3n) is 2.71. The van der Waals surface area contributed by atoms with Gasteiger partial charge in [-0.05, 0) is 18.8 Å². The lowest BCUT2D eigenvalue weighted by Crippen LogP contribution is -2.20. The fourth-order valence-corrected chi connectivity index (χ4v) is 2.08. The summed E-state index contributed by atoms with van der Waals surface area (Å²) in [6.45, 7) is 0.823. The predicted octanol–water partition coefficient (Wildman–Crippen LogP) is 0.937. The molecule has 1 saturated carbocycles. The average Bonchev–Trinajstić information content (AvgIpc) is 2.34. The molecule has 1 saturated heterocycles. The Labute approximate surface area is 61.0 Å². The largest absolute Gasteiger partial charge is 0.273 e. The maximum atomic E-state index is 11.0. The lowest BCUT2D eigenvalue weighted by Gasteiger charge is -2.20. The van der Waals surface area contributed by atoms with Crippen molar-refractivity contribution in [3.8, 4) is 0 Å². The van der Waals surface area contributed by atoms with Gasteiger partial charge >= 0.3 is 0 Å². The highest BCUT2D eigenvalue weighted by molar-refractivity contribution is 5.80. The average molecular weight is 138 g/mol. The quantitative estimate of drug-likeness (QED) is 0.490. The van der Waals surface area contributed by atoms with E-state index in [0.717, 1.165) is 13.0 Å². The molecule has 1 heterocycles. The van der Waals surface area contributed by atoms with Gasteiger partial charge in [-0.1, -0.05) is 12.8 Å². The summed E-state index contributed by atoms with van der Waals surface area (Å²) >= 11 is 0. The summed E-state index contributed by atoms with van der Waals surface area (Å²) in [5.74, 6) is 1.14. The van der Waals surface area contributed by atoms with Crippen LogP contribution in [0.1, 0.15) is 25.7 Å². The summed E-state index contributed by atoms with van der Waals surface area (Å²) in [6.07, 6.45) is 4.89. The predicted molar refractivity (Wildman–Crippen MR) is 37.5 cm³/mol. The van der Waals surface area contributed by atoms with Crippen LogP contribution in [0.3, 0.4) is 0 Å². The second kappa shape index (κ2) is 2.26. The van der Waals surface area contributed by atoms with Gasteiger partial charge in [0.05, 0.1) is 0 Å². The number of amides is 1. The third kappa shape index (κ3) is 0.825. The first-order chi connectivity index (χ1) is 4.88. The van der Waals surface area contributed by atoms with Gasteiger partial charge in [0.1, 0.15) is 0 Å². The fourth-order valence-electron chi connectivity index (χ4n) is 2.08. The molecule has 2 fully saturated rings. The van der Waals surface area contributed by atoms with E-state index in [2.05, 4.69) is 5.32 Å². The number of rotatable bonds is 0. The highest BCUT2D eigenvalue weighted by Gasteiger charge is 2.36. The monoisotopic (exact) mass is 138 g/mol. The molecule has 1 aliphatic heterocycles. The number of hydrogen-bond donors (Lipinski definition) is 0. The van der Waals surface area contributed by atoms with Crippen LogP contribution in [0.5, 0.6) is 0 Å². The molecule has 1 amide bonds. The summed E-state index contributed by atoms with van der Waals surface area (Å²) in [4.78, 5) is 11.0. The smallest absolute Gasteiger partial charge is 0.244 e. The molecule has 10 heavy (non-hydrogen) atoms. The summed E-state index contributed by atoms with van der Waals surface area (Å²) in [6, 6.07) is 0. The number of carbonyl (C=O) groups excluding carboxylic acids is 1. The molecule has 2 aliphatic rings. The van der Waals surface area contributed by atoms with Crippen molar-refractivity contribution in [2.45, 2.75) is 25.7 Å². The number of hydrogen-bond acceptors (Lipinski definition) is 1. The van der Waals surface area contributed by atoms with E-state index in [1.165, 1.54) is 19.3 Å². The van der Waals surface area contributed by atoms with Gasteiger partial charge in [-0.25, -0.2) is 0 Å². The van der Waals surface area contributed by atoms with Gasteiger partial charge in [-0.3, -0.25) is 10.1 Å². The van der Waals surface area contributed by atoms with Crippen LogP contribution in [-0.4, -0.2) is 12.5 Å². The Balaban J connectivity index is 2.08. The first-order valence-electron chi connectivity index (χ1n) is 4.09. The Morgan fingerprint density at radius 1 is 1.30 bits per heavy atom. The summed E-state index contributed by atoms with van der Waals surface area (Å²) in [5.41, 5.74) is 0. The molecular formula is C8H12NO. The molecule has 0 aromatic heterocycles. The minimum Gasteiger partial charge on any atom is -0.273 e. The highest BCUT2D eigenvalue weighted by atomic mass is 16.2. The van der Waals surface area contributed by atoms with E-state index < -0.39 is 0 Å². The first-order valence-corrected chi connectivity index (χ1v) is 4.09. The second-order valence-electron chi connectivity index (χ2n) is 3.33. The Morgan fingerprint density at radius 2 is 2.10 bits per heavy atom. The Morgan fingerprint density at radius 3 is 2.90 bits per heavy atom. The van der Waals surface area contributed by atoms with Crippen molar-refractivity contribution < 1.29 is 4.79 Å². The zero-order valence-electron chi connectivity index (χ0n) is 6.05. The molecule has 0 aromatic rings. The SMILES string of the molecule is O=C1[N]CC2CCCCC12. The van der Waals surface area contributed by atoms with E-state index >= 15 is 0 Å². The maximum absolute atomic E-state index is 11.0. The van der Waals surface area contributed by atoms with Crippen LogP contribution in [0.4, 0.5) is 0 Å². The van der Waals surface area contributed by atoms with Crippen LogP contribution in [0.15, 0.2) is 0 Å². The molecule has 0 aromatic carbocycles. The lowest BCUT2D eigenvalue weighted by atomic mass is 9.81. The van der Waals surface area contributed by atoms with Gasteiger partial charge in [-0.2, -0.15) is 0 Å². The van der Waals surface area contributed by atoms with Crippen LogP contribution in [0.2, 0.25) is 0 Å².